The lowest BCUT2D eigenvalue weighted by Crippen LogP contribution is -2.66. The lowest BCUT2D eigenvalue weighted by Gasteiger charge is -2.71. The van der Waals surface area contributed by atoms with Gasteiger partial charge < -0.3 is 14.8 Å². The summed E-state index contributed by atoms with van der Waals surface area (Å²) in [5.41, 5.74) is 4.33. The molecule has 1 N–H and O–H groups in total. The maximum Gasteiger partial charge on any atom is 0.408 e. The molecular formula is C42H59NO5. The monoisotopic (exact) mass is 657 g/mol. The molecule has 5 aliphatic carbocycles. The van der Waals surface area contributed by atoms with Gasteiger partial charge in [0.15, 0.2) is 5.78 Å². The van der Waals surface area contributed by atoms with E-state index in [2.05, 4.69) is 72.0 Å². The summed E-state index contributed by atoms with van der Waals surface area (Å²) in [5, 5.41) is 3.32. The Kier molecular flexibility index (Phi) is 8.24. The summed E-state index contributed by atoms with van der Waals surface area (Å²) >= 11 is 0. The third kappa shape index (κ3) is 5.04. The molecule has 48 heavy (non-hydrogen) atoms. The lowest BCUT2D eigenvalue weighted by molar-refractivity contribution is -0.194. The number of hydrogen-bond donors (Lipinski definition) is 1. The van der Waals surface area contributed by atoms with Gasteiger partial charge >= 0.3 is 12.1 Å². The van der Waals surface area contributed by atoms with Crippen LogP contribution in [0.4, 0.5) is 4.79 Å². The van der Waals surface area contributed by atoms with E-state index in [1.54, 1.807) is 0 Å². The summed E-state index contributed by atoms with van der Waals surface area (Å²) in [6.45, 7) is 22.5. The number of amides is 1. The Hall–Kier alpha value is -2.89. The molecule has 1 aromatic carbocycles. The van der Waals surface area contributed by atoms with E-state index in [0.717, 1.165) is 50.5 Å². The number of ketones is 1. The predicted octanol–water partition coefficient (Wildman–Crippen LogP) is 9.72. The molecule has 3 saturated carbocycles. The van der Waals surface area contributed by atoms with E-state index in [1.807, 2.05) is 32.9 Å². The number of methoxy groups -OCH3 is 1. The molecule has 0 aromatic heterocycles. The van der Waals surface area contributed by atoms with Crippen molar-refractivity contribution in [3.05, 3.63) is 52.6 Å². The van der Waals surface area contributed by atoms with Gasteiger partial charge in [-0.05, 0) is 145 Å². The van der Waals surface area contributed by atoms with Crippen LogP contribution >= 0.6 is 0 Å². The van der Waals surface area contributed by atoms with Crippen molar-refractivity contribution in [2.75, 3.05) is 7.11 Å². The lowest BCUT2D eigenvalue weighted by atomic mass is 9.33. The highest BCUT2D eigenvalue weighted by atomic mass is 16.6. The molecule has 1 aromatic rings. The van der Waals surface area contributed by atoms with E-state index in [-0.39, 0.29) is 45.2 Å². The van der Waals surface area contributed by atoms with E-state index in [4.69, 9.17) is 9.47 Å². The highest BCUT2D eigenvalue weighted by molar-refractivity contribution is 6.02. The van der Waals surface area contributed by atoms with Crippen LogP contribution in [0.5, 0.6) is 0 Å². The summed E-state index contributed by atoms with van der Waals surface area (Å²) in [7, 11) is 1.42. The molecule has 0 aliphatic heterocycles. The largest absolute Gasteiger partial charge is 0.465 e. The van der Waals surface area contributed by atoms with Crippen molar-refractivity contribution < 1.29 is 23.9 Å². The molecule has 6 heteroatoms. The number of nitrogens with one attached hydrogen (secondary N) is 1. The van der Waals surface area contributed by atoms with Crippen molar-refractivity contribution in [1.29, 1.82) is 0 Å². The highest BCUT2D eigenvalue weighted by Gasteiger charge is 2.69. The average Bonchev–Trinajstić information content (AvgIpc) is 3.27. The molecule has 262 valence electrons. The normalized spacial score (nSPS) is 37.1. The number of rotatable bonds is 4. The molecule has 0 bridgehead atoms. The maximum absolute atomic E-state index is 13.8. The number of alkyl carbamates (subject to hydrolysis) is 1. The smallest absolute Gasteiger partial charge is 0.408 e. The zero-order chi connectivity index (χ0) is 35.2. The van der Waals surface area contributed by atoms with Crippen LogP contribution in [0.25, 0.3) is 5.57 Å². The summed E-state index contributed by atoms with van der Waals surface area (Å²) in [4.78, 5) is 39.3. The molecule has 0 heterocycles. The first-order chi connectivity index (χ1) is 22.2. The molecule has 3 fully saturated rings. The number of carbonyl (C=O) groups excluding carboxylic acids is 3. The van der Waals surface area contributed by atoms with Gasteiger partial charge in [-0.3, -0.25) is 4.79 Å². The van der Waals surface area contributed by atoms with Crippen LogP contribution in [-0.4, -0.2) is 36.1 Å². The number of allylic oxidation sites excluding steroid dienone is 3. The van der Waals surface area contributed by atoms with Crippen molar-refractivity contribution in [3.63, 3.8) is 0 Å². The van der Waals surface area contributed by atoms with Gasteiger partial charge in [0.1, 0.15) is 5.60 Å². The fraction of sp³-hybridized carbons (Fsp3) is 0.690. The van der Waals surface area contributed by atoms with Gasteiger partial charge in [-0.15, -0.1) is 0 Å². The summed E-state index contributed by atoms with van der Waals surface area (Å²) < 4.78 is 10.7. The molecule has 6 rings (SSSR count). The molecule has 0 radical (unpaired) electrons. The fourth-order valence-corrected chi connectivity index (χ4v) is 12.3. The van der Waals surface area contributed by atoms with Crippen LogP contribution in [0.1, 0.15) is 137 Å². The van der Waals surface area contributed by atoms with Gasteiger partial charge in [0.25, 0.3) is 0 Å². The first kappa shape index (κ1) is 35.0. The van der Waals surface area contributed by atoms with Crippen molar-refractivity contribution in [1.82, 2.24) is 5.32 Å². The molecule has 5 aliphatic rings. The van der Waals surface area contributed by atoms with Crippen molar-refractivity contribution in [2.24, 2.45) is 45.3 Å². The topological polar surface area (TPSA) is 81.7 Å². The summed E-state index contributed by atoms with van der Waals surface area (Å²) in [6, 6.07) is 7.95. The Bertz CT molecular complexity index is 1580. The standard InChI is InChI=1S/C42H59NO5/c1-25(2)33-30(44)24-42(43-36(46)48-37(3,4)5)23-22-40(9)29(34(33)42)16-17-32-39(8)20-18-28(26-12-14-27(15-13-26)35(45)47-11)38(6,7)31(39)19-21-41(32,40)10/h12-15,18,25,29,31-32H,16-17,19-24H2,1-11H3,(H,43,46)/t29-,31+,32-,39+,40-,41-,42-/m1/s1. The summed E-state index contributed by atoms with van der Waals surface area (Å²) in [6.07, 6.45) is 9.74. The third-order valence-electron chi connectivity index (χ3n) is 14.4. The van der Waals surface area contributed by atoms with E-state index in [9.17, 15) is 14.4 Å². The Morgan fingerprint density at radius 1 is 0.896 bits per heavy atom. The van der Waals surface area contributed by atoms with Crippen LogP contribution in [0, 0.1) is 45.3 Å². The molecule has 7 atom stereocenters. The second kappa shape index (κ2) is 11.3. The quantitative estimate of drug-likeness (QED) is 0.326. The van der Waals surface area contributed by atoms with E-state index >= 15 is 0 Å². The fourth-order valence-electron chi connectivity index (χ4n) is 12.3. The SMILES string of the molecule is COC(=O)c1ccc(C2=CC[C@]3(C)[C@H]4CC[C@@H]5C6=C(C(C)C)C(=O)C[C@]6(NC(=O)OC(C)(C)C)CC[C@@]5(C)[C@]4(C)CC[C@H]3C2(C)C)cc1. The number of esters is 1. The van der Waals surface area contributed by atoms with Crippen molar-refractivity contribution in [3.8, 4) is 0 Å². The number of carbonyl (C=O) groups is 3. The predicted molar refractivity (Wildman–Crippen MR) is 190 cm³/mol. The molecule has 0 spiro atoms. The third-order valence-corrected chi connectivity index (χ3v) is 14.4. The van der Waals surface area contributed by atoms with Crippen LogP contribution in [0.2, 0.25) is 0 Å². The van der Waals surface area contributed by atoms with Crippen LogP contribution in [-0.2, 0) is 14.3 Å². The molecule has 1 amide bonds. The van der Waals surface area contributed by atoms with E-state index < -0.39 is 17.2 Å². The van der Waals surface area contributed by atoms with Gasteiger partial charge in [-0.1, -0.05) is 66.7 Å². The Morgan fingerprint density at radius 3 is 2.17 bits per heavy atom. The van der Waals surface area contributed by atoms with Gasteiger partial charge in [0.2, 0.25) is 0 Å². The summed E-state index contributed by atoms with van der Waals surface area (Å²) in [5.74, 6) is 1.34. The number of fused-ring (bicyclic) bond motifs is 7. The second-order valence-corrected chi connectivity index (χ2v) is 18.5. The Balaban J connectivity index is 1.36. The average molecular weight is 658 g/mol. The minimum atomic E-state index is -0.651. The first-order valence-electron chi connectivity index (χ1n) is 18.4. The van der Waals surface area contributed by atoms with Gasteiger partial charge in [0, 0.05) is 6.42 Å². The maximum atomic E-state index is 13.8. The molecular weight excluding hydrogens is 598 g/mol. The highest BCUT2D eigenvalue weighted by Crippen LogP contribution is 2.76. The number of ether oxygens (including phenoxy) is 2. The zero-order valence-electron chi connectivity index (χ0n) is 31.4. The van der Waals surface area contributed by atoms with Crippen LogP contribution < -0.4 is 5.32 Å². The molecule has 6 nitrogen and oxygen atoms in total. The second-order valence-electron chi connectivity index (χ2n) is 18.5. The van der Waals surface area contributed by atoms with E-state index in [0.29, 0.717) is 23.8 Å². The number of hydrogen-bond acceptors (Lipinski definition) is 5. The zero-order valence-corrected chi connectivity index (χ0v) is 31.4. The number of Topliss-reactive ketones (excluding diaryl/α,β-unsaturated/α-hetero) is 1. The minimum Gasteiger partial charge on any atom is -0.465 e. The van der Waals surface area contributed by atoms with Crippen LogP contribution in [0.15, 0.2) is 41.5 Å². The Labute approximate surface area is 288 Å². The Morgan fingerprint density at radius 2 is 1.56 bits per heavy atom. The van der Waals surface area contributed by atoms with Gasteiger partial charge in [0.05, 0.1) is 18.2 Å². The number of benzene rings is 1. The molecule has 0 unspecified atom stereocenters. The molecule has 0 saturated heterocycles. The van der Waals surface area contributed by atoms with Crippen molar-refractivity contribution in [2.45, 2.75) is 132 Å². The first-order valence-corrected chi connectivity index (χ1v) is 18.4. The van der Waals surface area contributed by atoms with Crippen molar-refractivity contribution >= 4 is 23.4 Å². The van der Waals surface area contributed by atoms with Gasteiger partial charge in [-0.25, -0.2) is 9.59 Å². The van der Waals surface area contributed by atoms with Crippen LogP contribution in [0.3, 0.4) is 0 Å². The van der Waals surface area contributed by atoms with Gasteiger partial charge in [-0.2, -0.15) is 0 Å². The van der Waals surface area contributed by atoms with E-state index in [1.165, 1.54) is 23.8 Å². The minimum absolute atomic E-state index is 0.0148.